The third kappa shape index (κ3) is 4.45. The van der Waals surface area contributed by atoms with Crippen LogP contribution in [0, 0.1) is 5.92 Å². The van der Waals surface area contributed by atoms with Gasteiger partial charge in [-0.1, -0.05) is 12.1 Å². The highest BCUT2D eigenvalue weighted by atomic mass is 16.1. The predicted molar refractivity (Wildman–Crippen MR) is 118 cm³/mol. The molecule has 0 saturated carbocycles. The van der Waals surface area contributed by atoms with Crippen LogP contribution in [0.25, 0.3) is 11.0 Å². The number of para-hydroxylation sites is 2. The summed E-state index contributed by atoms with van der Waals surface area (Å²) < 4.78 is 2.30. The maximum Gasteiger partial charge on any atom is 0.225 e. The SMILES string of the molecule is CC(C)n1c(CCCNC(=O)[C@@H]2CCCN(c3ncccn3)C2)nc2ccccc21. The number of carbonyl (C=O) groups is 1. The smallest absolute Gasteiger partial charge is 0.225 e. The van der Waals surface area contributed by atoms with Gasteiger partial charge in [-0.15, -0.1) is 0 Å². The van der Waals surface area contributed by atoms with Gasteiger partial charge >= 0.3 is 0 Å². The lowest BCUT2D eigenvalue weighted by Gasteiger charge is -2.31. The molecule has 7 heteroatoms. The summed E-state index contributed by atoms with van der Waals surface area (Å²) in [7, 11) is 0. The number of rotatable bonds is 7. The molecule has 1 aliphatic rings. The van der Waals surface area contributed by atoms with E-state index in [0.717, 1.165) is 43.6 Å². The Labute approximate surface area is 177 Å². The first kappa shape index (κ1) is 20.3. The molecule has 1 fully saturated rings. The Balaban J connectivity index is 1.30. The number of amides is 1. The third-order valence-corrected chi connectivity index (χ3v) is 5.69. The van der Waals surface area contributed by atoms with Crippen LogP contribution in [0.15, 0.2) is 42.7 Å². The van der Waals surface area contributed by atoms with Crippen molar-refractivity contribution in [1.29, 1.82) is 0 Å². The third-order valence-electron chi connectivity index (χ3n) is 5.69. The fourth-order valence-electron chi connectivity index (χ4n) is 4.28. The Bertz CT molecular complexity index is 984. The number of hydrogen-bond donors (Lipinski definition) is 1. The van der Waals surface area contributed by atoms with E-state index in [9.17, 15) is 4.79 Å². The number of benzene rings is 1. The van der Waals surface area contributed by atoms with Crippen molar-refractivity contribution >= 4 is 22.9 Å². The summed E-state index contributed by atoms with van der Waals surface area (Å²) >= 11 is 0. The van der Waals surface area contributed by atoms with Crippen molar-refractivity contribution < 1.29 is 4.79 Å². The maximum absolute atomic E-state index is 12.7. The fourth-order valence-corrected chi connectivity index (χ4v) is 4.28. The molecule has 1 amide bonds. The minimum Gasteiger partial charge on any atom is -0.356 e. The molecule has 1 saturated heterocycles. The van der Waals surface area contributed by atoms with Gasteiger partial charge in [0.15, 0.2) is 0 Å². The van der Waals surface area contributed by atoms with Gasteiger partial charge in [0, 0.05) is 44.5 Å². The average Bonchev–Trinajstić information content (AvgIpc) is 3.16. The van der Waals surface area contributed by atoms with E-state index in [1.807, 2.05) is 12.1 Å². The molecule has 30 heavy (non-hydrogen) atoms. The number of nitrogens with zero attached hydrogens (tertiary/aromatic N) is 5. The summed E-state index contributed by atoms with van der Waals surface area (Å²) in [5, 5.41) is 3.13. The molecule has 2 aromatic heterocycles. The normalized spacial score (nSPS) is 16.9. The van der Waals surface area contributed by atoms with Crippen molar-refractivity contribution in [3.8, 4) is 0 Å². The van der Waals surface area contributed by atoms with Gasteiger partial charge in [0.2, 0.25) is 11.9 Å². The molecule has 0 spiro atoms. The Morgan fingerprint density at radius 1 is 1.20 bits per heavy atom. The lowest BCUT2D eigenvalue weighted by atomic mass is 9.97. The summed E-state index contributed by atoms with van der Waals surface area (Å²) in [6.07, 6.45) is 7.11. The second-order valence-corrected chi connectivity index (χ2v) is 8.21. The summed E-state index contributed by atoms with van der Waals surface area (Å²) in [5.74, 6) is 1.92. The highest BCUT2D eigenvalue weighted by molar-refractivity contribution is 5.79. The Hall–Kier alpha value is -2.96. The number of carbonyl (C=O) groups excluding carboxylic acids is 1. The second-order valence-electron chi connectivity index (χ2n) is 8.21. The van der Waals surface area contributed by atoms with Crippen molar-refractivity contribution in [2.45, 2.75) is 45.6 Å². The zero-order valence-electron chi connectivity index (χ0n) is 17.8. The highest BCUT2D eigenvalue weighted by Gasteiger charge is 2.26. The molecular weight excluding hydrogens is 376 g/mol. The van der Waals surface area contributed by atoms with Crippen LogP contribution in [0.2, 0.25) is 0 Å². The highest BCUT2D eigenvalue weighted by Crippen LogP contribution is 2.22. The van der Waals surface area contributed by atoms with Crippen LogP contribution < -0.4 is 10.2 Å². The molecule has 1 aromatic carbocycles. The number of anilines is 1. The monoisotopic (exact) mass is 406 g/mol. The Kier molecular flexibility index (Phi) is 6.26. The Morgan fingerprint density at radius 2 is 2.00 bits per heavy atom. The van der Waals surface area contributed by atoms with E-state index in [-0.39, 0.29) is 11.8 Å². The summed E-state index contributed by atoms with van der Waals surface area (Å²) in [5.41, 5.74) is 2.22. The van der Waals surface area contributed by atoms with E-state index >= 15 is 0 Å². The summed E-state index contributed by atoms with van der Waals surface area (Å²) in [6.45, 7) is 6.62. The molecule has 4 rings (SSSR count). The number of nitrogens with one attached hydrogen (secondary N) is 1. The van der Waals surface area contributed by atoms with Crippen LogP contribution >= 0.6 is 0 Å². The van der Waals surface area contributed by atoms with E-state index in [1.54, 1.807) is 12.4 Å². The lowest BCUT2D eigenvalue weighted by Crippen LogP contribution is -2.44. The first-order valence-corrected chi connectivity index (χ1v) is 10.9. The van der Waals surface area contributed by atoms with E-state index in [4.69, 9.17) is 4.98 Å². The average molecular weight is 407 g/mol. The van der Waals surface area contributed by atoms with E-state index < -0.39 is 0 Å². The van der Waals surface area contributed by atoms with Crippen LogP contribution in [-0.2, 0) is 11.2 Å². The first-order chi connectivity index (χ1) is 14.6. The molecule has 1 atom stereocenters. The molecule has 0 radical (unpaired) electrons. The minimum atomic E-state index is -0.0113. The maximum atomic E-state index is 12.7. The zero-order chi connectivity index (χ0) is 20.9. The molecule has 0 unspecified atom stereocenters. The number of aromatic nitrogens is 4. The zero-order valence-corrected chi connectivity index (χ0v) is 17.8. The van der Waals surface area contributed by atoms with Crippen LogP contribution in [0.3, 0.4) is 0 Å². The quantitative estimate of drug-likeness (QED) is 0.609. The van der Waals surface area contributed by atoms with Gasteiger partial charge in [-0.2, -0.15) is 0 Å². The number of imidazole rings is 1. The number of hydrogen-bond acceptors (Lipinski definition) is 5. The van der Waals surface area contributed by atoms with Gasteiger partial charge < -0.3 is 14.8 Å². The van der Waals surface area contributed by atoms with Crippen LogP contribution in [-0.4, -0.2) is 45.1 Å². The van der Waals surface area contributed by atoms with Crippen LogP contribution in [0.1, 0.15) is 45.0 Å². The lowest BCUT2D eigenvalue weighted by molar-refractivity contribution is -0.125. The molecule has 3 heterocycles. The van der Waals surface area contributed by atoms with E-state index in [2.05, 4.69) is 56.8 Å². The van der Waals surface area contributed by atoms with Gasteiger partial charge in [-0.25, -0.2) is 15.0 Å². The van der Waals surface area contributed by atoms with Gasteiger partial charge in [0.25, 0.3) is 0 Å². The summed E-state index contributed by atoms with van der Waals surface area (Å²) in [4.78, 5) is 28.3. The van der Waals surface area contributed by atoms with E-state index in [0.29, 0.717) is 25.1 Å². The molecule has 7 nitrogen and oxygen atoms in total. The van der Waals surface area contributed by atoms with Crippen molar-refractivity contribution in [1.82, 2.24) is 24.8 Å². The summed E-state index contributed by atoms with van der Waals surface area (Å²) in [6, 6.07) is 10.4. The topological polar surface area (TPSA) is 75.9 Å². The fraction of sp³-hybridized carbons (Fsp3) is 0.478. The number of piperidine rings is 1. The molecule has 3 aromatic rings. The van der Waals surface area contributed by atoms with Crippen molar-refractivity contribution in [3.05, 3.63) is 48.5 Å². The molecule has 0 aliphatic carbocycles. The van der Waals surface area contributed by atoms with Crippen molar-refractivity contribution in [2.24, 2.45) is 5.92 Å². The van der Waals surface area contributed by atoms with Crippen molar-refractivity contribution in [2.75, 3.05) is 24.5 Å². The van der Waals surface area contributed by atoms with Gasteiger partial charge in [-0.05, 0) is 51.3 Å². The number of aryl methyl sites for hydroxylation is 1. The van der Waals surface area contributed by atoms with Gasteiger partial charge in [0.05, 0.1) is 17.0 Å². The molecule has 1 aliphatic heterocycles. The van der Waals surface area contributed by atoms with Gasteiger partial charge in [-0.3, -0.25) is 4.79 Å². The second kappa shape index (κ2) is 9.24. The molecule has 158 valence electrons. The molecular formula is C23H30N6O. The van der Waals surface area contributed by atoms with Crippen LogP contribution in [0.5, 0.6) is 0 Å². The largest absolute Gasteiger partial charge is 0.356 e. The van der Waals surface area contributed by atoms with Crippen molar-refractivity contribution in [3.63, 3.8) is 0 Å². The minimum absolute atomic E-state index is 0.0113. The first-order valence-electron chi connectivity index (χ1n) is 10.9. The number of fused-ring (bicyclic) bond motifs is 1. The van der Waals surface area contributed by atoms with Gasteiger partial charge in [0.1, 0.15) is 5.82 Å². The molecule has 0 bridgehead atoms. The van der Waals surface area contributed by atoms with Crippen LogP contribution in [0.4, 0.5) is 5.95 Å². The predicted octanol–water partition coefficient (Wildman–Crippen LogP) is 3.37. The molecule has 1 N–H and O–H groups in total. The Morgan fingerprint density at radius 3 is 2.80 bits per heavy atom. The van der Waals surface area contributed by atoms with E-state index in [1.165, 1.54) is 5.52 Å². The standard InChI is InChI=1S/C23H30N6O/c1-17(2)29-20-10-4-3-9-19(20)27-21(29)11-5-12-24-22(30)18-8-6-15-28(16-18)23-25-13-7-14-26-23/h3-4,7,9-10,13-14,17-18H,5-6,8,11-12,15-16H2,1-2H3,(H,24,30)/t18-/m1/s1.